The second-order valence-corrected chi connectivity index (χ2v) is 3.51. The van der Waals surface area contributed by atoms with Gasteiger partial charge in [0.15, 0.2) is 0 Å². The fraction of sp³-hybridized carbons (Fsp3) is 0.889. The van der Waals surface area contributed by atoms with Gasteiger partial charge in [-0.15, -0.1) is 0 Å². The van der Waals surface area contributed by atoms with E-state index in [9.17, 15) is 4.79 Å². The van der Waals surface area contributed by atoms with Gasteiger partial charge in [-0.25, -0.2) is 0 Å². The Hall–Kier alpha value is -0.0500. The van der Waals surface area contributed by atoms with Crippen LogP contribution in [0.2, 0.25) is 0 Å². The molecule has 0 N–H and O–H groups in total. The lowest BCUT2D eigenvalue weighted by Crippen LogP contribution is -2.13. The van der Waals surface area contributed by atoms with Crippen LogP contribution in [-0.2, 0) is 9.53 Å². The molecule has 0 aromatic rings. The molecule has 0 bridgehead atoms. The zero-order valence-corrected chi connectivity index (χ0v) is 9.18. The summed E-state index contributed by atoms with van der Waals surface area (Å²) in [5, 5.41) is 0.748. The highest BCUT2D eigenvalue weighted by molar-refractivity contribution is 9.09. The molecule has 0 aromatic carbocycles. The van der Waals surface area contributed by atoms with Crippen molar-refractivity contribution in [2.24, 2.45) is 0 Å². The molecule has 12 heavy (non-hydrogen) atoms. The number of rotatable bonds is 8. The first-order valence-electron chi connectivity index (χ1n) is 4.50. The van der Waals surface area contributed by atoms with E-state index in [1.165, 1.54) is 19.3 Å². The van der Waals surface area contributed by atoms with Crippen LogP contribution in [0, 0.1) is 0 Å². The molecule has 72 valence electrons. The van der Waals surface area contributed by atoms with Gasteiger partial charge in [0.05, 0.1) is 0 Å². The Balaban J connectivity index is 3.25. The monoisotopic (exact) mass is 236 g/mol. The van der Waals surface area contributed by atoms with Crippen molar-refractivity contribution in [3.05, 3.63) is 0 Å². The van der Waals surface area contributed by atoms with Crippen LogP contribution in [0.3, 0.4) is 0 Å². The predicted octanol–water partition coefficient (Wildman–Crippen LogP) is 2.89. The van der Waals surface area contributed by atoms with Crippen LogP contribution < -0.4 is 0 Å². The molecule has 0 spiro atoms. The number of unbranched alkanes of at least 4 members (excludes halogenated alkanes) is 3. The van der Waals surface area contributed by atoms with Crippen LogP contribution in [0.5, 0.6) is 0 Å². The second kappa shape index (κ2) is 9.04. The van der Waals surface area contributed by atoms with Gasteiger partial charge in [-0.2, -0.15) is 0 Å². The van der Waals surface area contributed by atoms with E-state index in [2.05, 4.69) is 22.9 Å². The summed E-state index contributed by atoms with van der Waals surface area (Å²) in [6.45, 7) is 2.72. The second-order valence-electron chi connectivity index (χ2n) is 2.86. The molecule has 0 amide bonds. The highest BCUT2D eigenvalue weighted by Crippen LogP contribution is 2.09. The van der Waals surface area contributed by atoms with E-state index >= 15 is 0 Å². The summed E-state index contributed by atoms with van der Waals surface area (Å²) >= 11 is 3.30. The molecule has 2 nitrogen and oxygen atoms in total. The van der Waals surface area contributed by atoms with Crippen LogP contribution in [0.25, 0.3) is 0 Å². The van der Waals surface area contributed by atoms with E-state index in [0.29, 0.717) is 6.47 Å². The molecule has 0 saturated carbocycles. The fourth-order valence-corrected chi connectivity index (χ4v) is 1.54. The summed E-state index contributed by atoms with van der Waals surface area (Å²) in [5.41, 5.74) is 0. The summed E-state index contributed by atoms with van der Waals surface area (Å²) in [6.07, 6.45) is 5.95. The van der Waals surface area contributed by atoms with Crippen LogP contribution in [0.15, 0.2) is 0 Å². The summed E-state index contributed by atoms with van der Waals surface area (Å²) < 4.78 is 4.84. The maximum Gasteiger partial charge on any atom is 0.293 e. The van der Waals surface area contributed by atoms with Crippen molar-refractivity contribution in [1.82, 2.24) is 0 Å². The fourth-order valence-electron chi connectivity index (χ4n) is 1.06. The van der Waals surface area contributed by atoms with Crippen molar-refractivity contribution in [3.8, 4) is 0 Å². The predicted molar refractivity (Wildman–Crippen MR) is 53.5 cm³/mol. The number of halogens is 1. The third kappa shape index (κ3) is 6.65. The number of carbonyl (C=O) groups excluding carboxylic acids is 1. The van der Waals surface area contributed by atoms with Gasteiger partial charge in [0.2, 0.25) is 0 Å². The number of ether oxygens (including phenoxy) is 1. The van der Waals surface area contributed by atoms with E-state index in [4.69, 9.17) is 4.74 Å². The lowest BCUT2D eigenvalue weighted by atomic mass is 10.1. The number of hydrogen-bond acceptors (Lipinski definition) is 2. The standard InChI is InChI=1S/C9H17BrO2/c1-2-3-4-5-6-9(7-10)12-8-11/h8-9H,2-7H2,1H3. The Morgan fingerprint density at radius 1 is 1.42 bits per heavy atom. The largest absolute Gasteiger partial charge is 0.464 e. The quantitative estimate of drug-likeness (QED) is 0.368. The minimum Gasteiger partial charge on any atom is -0.464 e. The first-order chi connectivity index (χ1) is 5.85. The van der Waals surface area contributed by atoms with Gasteiger partial charge >= 0.3 is 0 Å². The third-order valence-electron chi connectivity index (χ3n) is 1.80. The Labute approximate surface area is 82.8 Å². The first-order valence-corrected chi connectivity index (χ1v) is 5.62. The molecule has 1 unspecified atom stereocenters. The average molecular weight is 237 g/mol. The minimum absolute atomic E-state index is 0.0688. The summed E-state index contributed by atoms with van der Waals surface area (Å²) in [4.78, 5) is 10.0. The molecule has 0 heterocycles. The van der Waals surface area contributed by atoms with Crippen LogP contribution in [-0.4, -0.2) is 17.9 Å². The Kier molecular flexibility index (Phi) is 9.00. The van der Waals surface area contributed by atoms with Gasteiger partial charge in [0.25, 0.3) is 6.47 Å². The SMILES string of the molecule is CCCCCCC(CBr)OC=O. The third-order valence-corrected chi connectivity index (χ3v) is 2.52. The Morgan fingerprint density at radius 2 is 2.17 bits per heavy atom. The maximum atomic E-state index is 10.0. The summed E-state index contributed by atoms with van der Waals surface area (Å²) in [6, 6.07) is 0. The van der Waals surface area contributed by atoms with Crippen LogP contribution in [0.4, 0.5) is 0 Å². The molecule has 0 fully saturated rings. The van der Waals surface area contributed by atoms with Crippen molar-refractivity contribution in [2.45, 2.75) is 45.1 Å². The first kappa shape index (κ1) is 11.9. The number of carbonyl (C=O) groups is 1. The lowest BCUT2D eigenvalue weighted by molar-refractivity contribution is -0.132. The van der Waals surface area contributed by atoms with Crippen molar-refractivity contribution >= 4 is 22.4 Å². The Bertz CT molecular complexity index is 107. The average Bonchev–Trinajstić information content (AvgIpc) is 2.10. The molecule has 0 aliphatic rings. The van der Waals surface area contributed by atoms with Crippen LogP contribution in [0.1, 0.15) is 39.0 Å². The normalized spacial score (nSPS) is 12.5. The van der Waals surface area contributed by atoms with E-state index in [1.807, 2.05) is 0 Å². The lowest BCUT2D eigenvalue weighted by Gasteiger charge is -2.10. The Morgan fingerprint density at radius 3 is 2.67 bits per heavy atom. The highest BCUT2D eigenvalue weighted by Gasteiger charge is 2.05. The van der Waals surface area contributed by atoms with Crippen LogP contribution >= 0.6 is 15.9 Å². The van der Waals surface area contributed by atoms with Gasteiger partial charge in [-0.05, 0) is 12.8 Å². The zero-order valence-electron chi connectivity index (χ0n) is 7.59. The molecule has 0 saturated heterocycles. The van der Waals surface area contributed by atoms with Crippen molar-refractivity contribution < 1.29 is 9.53 Å². The van der Waals surface area contributed by atoms with E-state index in [0.717, 1.165) is 18.2 Å². The number of alkyl halides is 1. The van der Waals surface area contributed by atoms with Gasteiger partial charge < -0.3 is 4.74 Å². The molecule has 0 aromatic heterocycles. The summed E-state index contributed by atoms with van der Waals surface area (Å²) in [7, 11) is 0. The van der Waals surface area contributed by atoms with E-state index in [1.54, 1.807) is 0 Å². The molecular weight excluding hydrogens is 220 g/mol. The smallest absolute Gasteiger partial charge is 0.293 e. The molecule has 3 heteroatoms. The number of hydrogen-bond donors (Lipinski definition) is 0. The minimum atomic E-state index is 0.0688. The maximum absolute atomic E-state index is 10.0. The van der Waals surface area contributed by atoms with Crippen molar-refractivity contribution in [1.29, 1.82) is 0 Å². The molecule has 0 radical (unpaired) electrons. The molecule has 0 aliphatic heterocycles. The van der Waals surface area contributed by atoms with Gasteiger partial charge in [-0.3, -0.25) is 4.79 Å². The summed E-state index contributed by atoms with van der Waals surface area (Å²) in [5.74, 6) is 0. The van der Waals surface area contributed by atoms with Crippen molar-refractivity contribution in [2.75, 3.05) is 5.33 Å². The topological polar surface area (TPSA) is 26.3 Å². The van der Waals surface area contributed by atoms with E-state index in [-0.39, 0.29) is 6.10 Å². The van der Waals surface area contributed by atoms with E-state index < -0.39 is 0 Å². The highest BCUT2D eigenvalue weighted by atomic mass is 79.9. The van der Waals surface area contributed by atoms with Gasteiger partial charge in [0.1, 0.15) is 6.10 Å². The van der Waals surface area contributed by atoms with Crippen molar-refractivity contribution in [3.63, 3.8) is 0 Å². The van der Waals surface area contributed by atoms with Gasteiger partial charge in [0, 0.05) is 5.33 Å². The van der Waals surface area contributed by atoms with Gasteiger partial charge in [-0.1, -0.05) is 42.1 Å². The molecule has 0 aliphatic carbocycles. The molecule has 1 atom stereocenters. The molecule has 0 rings (SSSR count). The zero-order chi connectivity index (χ0) is 9.23. The molecular formula is C9H17BrO2.